The molecule has 100 valence electrons. The highest BCUT2D eigenvalue weighted by Crippen LogP contribution is 2.29. The zero-order chi connectivity index (χ0) is 13.7. The molecule has 5 heteroatoms. The summed E-state index contributed by atoms with van der Waals surface area (Å²) in [4.78, 5) is 11.0. The maximum Gasteiger partial charge on any atom is 0.344 e. The maximum atomic E-state index is 11.0. The van der Waals surface area contributed by atoms with Gasteiger partial charge in [-0.3, -0.25) is 0 Å². The Morgan fingerprint density at radius 1 is 1.56 bits per heavy atom. The molecule has 1 aromatic rings. The van der Waals surface area contributed by atoms with Gasteiger partial charge in [0.15, 0.2) is 6.10 Å². The summed E-state index contributed by atoms with van der Waals surface area (Å²) >= 11 is 3.43. The third kappa shape index (κ3) is 3.71. The quantitative estimate of drug-likeness (QED) is 0.847. The lowest BCUT2D eigenvalue weighted by atomic mass is 10.1. The van der Waals surface area contributed by atoms with Crippen molar-refractivity contribution >= 4 is 21.9 Å². The van der Waals surface area contributed by atoms with Crippen molar-refractivity contribution in [3.63, 3.8) is 0 Å². The smallest absolute Gasteiger partial charge is 0.344 e. The molecule has 1 rings (SSSR count). The number of nitrogens with one attached hydrogen (secondary N) is 1. The van der Waals surface area contributed by atoms with Crippen molar-refractivity contribution < 1.29 is 14.6 Å². The third-order valence-corrected chi connectivity index (χ3v) is 3.05. The SMILES string of the molecule is CCC(Oc1c(C)cc(Br)cc1CNC)C(=O)O. The monoisotopic (exact) mass is 315 g/mol. The number of halogens is 1. The molecule has 18 heavy (non-hydrogen) atoms. The number of ether oxygens (including phenoxy) is 1. The minimum atomic E-state index is -0.935. The summed E-state index contributed by atoms with van der Waals surface area (Å²) in [5.41, 5.74) is 1.87. The standard InChI is InChI=1S/C13H18BrNO3/c1-4-11(13(16)17)18-12-8(2)5-10(14)6-9(12)7-15-3/h5-6,11,15H,4,7H2,1-3H3,(H,16,17). The number of aryl methyl sites for hydroxylation is 1. The first-order valence-corrected chi connectivity index (χ1v) is 6.62. The first-order valence-electron chi connectivity index (χ1n) is 5.82. The Hall–Kier alpha value is -1.07. The predicted octanol–water partition coefficient (Wildman–Crippen LogP) is 2.72. The second-order valence-electron chi connectivity index (χ2n) is 4.09. The Morgan fingerprint density at radius 3 is 2.72 bits per heavy atom. The van der Waals surface area contributed by atoms with Gasteiger partial charge in [0.2, 0.25) is 0 Å². The molecule has 0 radical (unpaired) electrons. The van der Waals surface area contributed by atoms with Gasteiger partial charge >= 0.3 is 5.97 Å². The first-order chi connectivity index (χ1) is 8.49. The molecule has 2 N–H and O–H groups in total. The molecule has 0 bridgehead atoms. The molecule has 0 aliphatic carbocycles. The number of hydrogen-bond donors (Lipinski definition) is 2. The van der Waals surface area contributed by atoms with E-state index in [2.05, 4.69) is 21.2 Å². The summed E-state index contributed by atoms with van der Waals surface area (Å²) < 4.78 is 6.59. The molecule has 0 saturated carbocycles. The highest BCUT2D eigenvalue weighted by atomic mass is 79.9. The van der Waals surface area contributed by atoms with E-state index in [-0.39, 0.29) is 0 Å². The number of benzene rings is 1. The second-order valence-corrected chi connectivity index (χ2v) is 5.01. The van der Waals surface area contributed by atoms with Gasteiger partial charge in [-0.2, -0.15) is 0 Å². The van der Waals surface area contributed by atoms with Crippen LogP contribution in [-0.4, -0.2) is 24.2 Å². The fourth-order valence-corrected chi connectivity index (χ4v) is 2.36. The van der Waals surface area contributed by atoms with Gasteiger partial charge in [0, 0.05) is 16.6 Å². The molecule has 0 aliphatic rings. The average molecular weight is 316 g/mol. The van der Waals surface area contributed by atoms with Gasteiger partial charge < -0.3 is 15.2 Å². The number of aliphatic carboxylic acids is 1. The van der Waals surface area contributed by atoms with Gasteiger partial charge in [0.05, 0.1) is 0 Å². The molecular formula is C13H18BrNO3. The summed E-state index contributed by atoms with van der Waals surface area (Å²) in [5.74, 6) is -0.281. The summed E-state index contributed by atoms with van der Waals surface area (Å²) in [5, 5.41) is 12.1. The molecule has 0 heterocycles. The van der Waals surface area contributed by atoms with Crippen LogP contribution in [0.3, 0.4) is 0 Å². The van der Waals surface area contributed by atoms with Gasteiger partial charge in [-0.1, -0.05) is 22.9 Å². The summed E-state index contributed by atoms with van der Waals surface area (Å²) in [7, 11) is 1.84. The van der Waals surface area contributed by atoms with E-state index in [1.165, 1.54) is 0 Å². The van der Waals surface area contributed by atoms with Crippen LogP contribution in [0.2, 0.25) is 0 Å². The van der Waals surface area contributed by atoms with E-state index in [0.717, 1.165) is 15.6 Å². The van der Waals surface area contributed by atoms with E-state index in [0.29, 0.717) is 18.7 Å². The molecule has 1 aromatic carbocycles. The highest BCUT2D eigenvalue weighted by molar-refractivity contribution is 9.10. The van der Waals surface area contributed by atoms with Gasteiger partial charge in [-0.25, -0.2) is 4.79 Å². The van der Waals surface area contributed by atoms with Gasteiger partial charge in [-0.15, -0.1) is 0 Å². The van der Waals surface area contributed by atoms with Gasteiger partial charge in [-0.05, 0) is 38.1 Å². The van der Waals surface area contributed by atoms with Crippen LogP contribution >= 0.6 is 15.9 Å². The normalized spacial score (nSPS) is 12.2. The third-order valence-electron chi connectivity index (χ3n) is 2.59. The Labute approximate surface area is 115 Å². The predicted molar refractivity (Wildman–Crippen MR) is 74.0 cm³/mol. The highest BCUT2D eigenvalue weighted by Gasteiger charge is 2.19. The minimum absolute atomic E-state index is 0.434. The summed E-state index contributed by atoms with van der Waals surface area (Å²) in [6.45, 7) is 4.34. The lowest BCUT2D eigenvalue weighted by molar-refractivity contribution is -0.145. The Morgan fingerprint density at radius 2 is 2.22 bits per heavy atom. The van der Waals surface area contributed by atoms with Crippen molar-refractivity contribution in [2.75, 3.05) is 7.05 Å². The van der Waals surface area contributed by atoms with Crippen molar-refractivity contribution in [3.8, 4) is 5.75 Å². The van der Waals surface area contributed by atoms with Crippen molar-refractivity contribution in [1.82, 2.24) is 5.32 Å². The van der Waals surface area contributed by atoms with Gasteiger partial charge in [0.25, 0.3) is 0 Å². The fraction of sp³-hybridized carbons (Fsp3) is 0.462. The fourth-order valence-electron chi connectivity index (χ4n) is 1.74. The molecule has 0 amide bonds. The second kappa shape index (κ2) is 6.75. The van der Waals surface area contributed by atoms with Crippen LogP contribution in [-0.2, 0) is 11.3 Å². The number of carboxylic acids is 1. The summed E-state index contributed by atoms with van der Waals surface area (Å²) in [6, 6.07) is 3.86. The number of carboxylic acid groups (broad SMARTS) is 1. The van der Waals surface area contributed by atoms with E-state index in [4.69, 9.17) is 9.84 Å². The van der Waals surface area contributed by atoms with E-state index in [1.807, 2.05) is 26.1 Å². The first kappa shape index (κ1) is 15.0. The molecule has 0 aliphatic heterocycles. The van der Waals surface area contributed by atoms with E-state index in [9.17, 15) is 4.79 Å². The Balaban J connectivity index is 3.09. The zero-order valence-electron chi connectivity index (χ0n) is 10.8. The summed E-state index contributed by atoms with van der Waals surface area (Å²) in [6.07, 6.45) is -0.371. The molecule has 0 fully saturated rings. The van der Waals surface area contributed by atoms with Crippen LogP contribution in [0.4, 0.5) is 0 Å². The molecule has 4 nitrogen and oxygen atoms in total. The largest absolute Gasteiger partial charge is 0.479 e. The van der Waals surface area contributed by atoms with Crippen molar-refractivity contribution in [2.45, 2.75) is 32.9 Å². The van der Waals surface area contributed by atoms with Crippen LogP contribution in [0, 0.1) is 6.92 Å². The van der Waals surface area contributed by atoms with Crippen LogP contribution in [0.5, 0.6) is 5.75 Å². The molecule has 0 saturated heterocycles. The Kier molecular flexibility index (Phi) is 5.62. The topological polar surface area (TPSA) is 58.6 Å². The number of hydrogen-bond acceptors (Lipinski definition) is 3. The lowest BCUT2D eigenvalue weighted by Crippen LogP contribution is -2.27. The Bertz CT molecular complexity index is 434. The van der Waals surface area contributed by atoms with Crippen LogP contribution < -0.4 is 10.1 Å². The number of carbonyl (C=O) groups is 1. The van der Waals surface area contributed by atoms with E-state index >= 15 is 0 Å². The maximum absolute atomic E-state index is 11.0. The average Bonchev–Trinajstić information content (AvgIpc) is 2.28. The molecule has 1 unspecified atom stereocenters. The molecular weight excluding hydrogens is 298 g/mol. The minimum Gasteiger partial charge on any atom is -0.479 e. The molecule has 0 aromatic heterocycles. The van der Waals surface area contributed by atoms with Crippen LogP contribution in [0.15, 0.2) is 16.6 Å². The van der Waals surface area contributed by atoms with Crippen LogP contribution in [0.25, 0.3) is 0 Å². The van der Waals surface area contributed by atoms with Crippen molar-refractivity contribution in [2.24, 2.45) is 0 Å². The lowest BCUT2D eigenvalue weighted by Gasteiger charge is -2.19. The van der Waals surface area contributed by atoms with Crippen LogP contribution in [0.1, 0.15) is 24.5 Å². The van der Waals surface area contributed by atoms with E-state index < -0.39 is 12.1 Å². The van der Waals surface area contributed by atoms with Gasteiger partial charge in [0.1, 0.15) is 5.75 Å². The zero-order valence-corrected chi connectivity index (χ0v) is 12.4. The van der Waals surface area contributed by atoms with Crippen molar-refractivity contribution in [3.05, 3.63) is 27.7 Å². The molecule has 1 atom stereocenters. The number of rotatable bonds is 6. The van der Waals surface area contributed by atoms with E-state index in [1.54, 1.807) is 6.92 Å². The van der Waals surface area contributed by atoms with Crippen molar-refractivity contribution in [1.29, 1.82) is 0 Å². The molecule has 0 spiro atoms.